The minimum Gasteiger partial charge on any atom is -0.493 e. The molecule has 0 saturated carbocycles. The van der Waals surface area contributed by atoms with Gasteiger partial charge in [-0.2, -0.15) is 5.10 Å². The average molecular weight is 396 g/mol. The fourth-order valence-electron chi connectivity index (χ4n) is 3.65. The number of rotatable bonds is 5. The van der Waals surface area contributed by atoms with E-state index in [1.54, 1.807) is 14.2 Å². The van der Waals surface area contributed by atoms with Crippen molar-refractivity contribution in [1.29, 1.82) is 0 Å². The van der Waals surface area contributed by atoms with Gasteiger partial charge in [0.1, 0.15) is 11.5 Å². The second kappa shape index (κ2) is 7.40. The number of ether oxygens (including phenoxy) is 2. The quantitative estimate of drug-likeness (QED) is 0.422. The van der Waals surface area contributed by atoms with Crippen LogP contribution in [0.3, 0.4) is 0 Å². The van der Waals surface area contributed by atoms with Crippen LogP contribution in [-0.2, 0) is 0 Å². The summed E-state index contributed by atoms with van der Waals surface area (Å²) in [5, 5.41) is 7.87. The lowest BCUT2D eigenvalue weighted by atomic mass is 10.0. The van der Waals surface area contributed by atoms with Crippen molar-refractivity contribution in [3.8, 4) is 45.4 Å². The number of imidazole rings is 1. The minimum atomic E-state index is 0.648. The molecule has 0 amide bonds. The fourth-order valence-corrected chi connectivity index (χ4v) is 3.65. The summed E-state index contributed by atoms with van der Waals surface area (Å²) in [5.74, 6) is 2.08. The number of hydrogen-bond acceptors (Lipinski definition) is 4. The Bertz CT molecular complexity index is 1290. The molecule has 0 radical (unpaired) electrons. The number of H-pyrrole nitrogens is 2. The van der Waals surface area contributed by atoms with Crippen LogP contribution in [-0.4, -0.2) is 34.4 Å². The minimum absolute atomic E-state index is 0.648. The van der Waals surface area contributed by atoms with Gasteiger partial charge in [0.25, 0.3) is 0 Å². The third-order valence-electron chi connectivity index (χ3n) is 5.11. The van der Waals surface area contributed by atoms with Crippen LogP contribution in [0.1, 0.15) is 0 Å². The zero-order chi connectivity index (χ0) is 20.5. The van der Waals surface area contributed by atoms with Crippen LogP contribution in [0, 0.1) is 0 Å². The normalized spacial score (nSPS) is 11.0. The molecule has 0 aliphatic rings. The zero-order valence-corrected chi connectivity index (χ0v) is 16.6. The van der Waals surface area contributed by atoms with Crippen LogP contribution in [0.5, 0.6) is 11.5 Å². The molecule has 148 valence electrons. The summed E-state index contributed by atoms with van der Waals surface area (Å²) in [6.45, 7) is 0. The molecule has 0 saturated heterocycles. The van der Waals surface area contributed by atoms with Crippen molar-refractivity contribution in [2.24, 2.45) is 0 Å². The Morgan fingerprint density at radius 1 is 0.767 bits per heavy atom. The van der Waals surface area contributed by atoms with Gasteiger partial charge in [-0.05, 0) is 30.3 Å². The van der Waals surface area contributed by atoms with Crippen LogP contribution in [0.15, 0.2) is 72.8 Å². The molecule has 0 fully saturated rings. The number of hydrogen-bond donors (Lipinski definition) is 2. The summed E-state index contributed by atoms with van der Waals surface area (Å²) < 4.78 is 10.9. The zero-order valence-electron chi connectivity index (χ0n) is 16.6. The highest BCUT2D eigenvalue weighted by atomic mass is 16.5. The van der Waals surface area contributed by atoms with E-state index >= 15 is 0 Å². The summed E-state index contributed by atoms with van der Waals surface area (Å²) in [7, 11) is 3.25. The lowest BCUT2D eigenvalue weighted by molar-refractivity contribution is 0.355. The van der Waals surface area contributed by atoms with Crippen molar-refractivity contribution < 1.29 is 9.47 Å². The van der Waals surface area contributed by atoms with Crippen molar-refractivity contribution in [3.63, 3.8) is 0 Å². The van der Waals surface area contributed by atoms with E-state index in [1.807, 2.05) is 60.7 Å². The molecule has 30 heavy (non-hydrogen) atoms. The van der Waals surface area contributed by atoms with E-state index in [0.29, 0.717) is 11.5 Å². The number of nitrogens with one attached hydrogen (secondary N) is 2. The number of nitrogens with zero attached hydrogens (tertiary/aromatic N) is 2. The molecular formula is C24H20N4O2. The van der Waals surface area contributed by atoms with E-state index in [4.69, 9.17) is 14.5 Å². The first-order valence-electron chi connectivity index (χ1n) is 9.60. The molecule has 0 unspecified atom stereocenters. The SMILES string of the molecule is COc1ccc(-c2n[nH]c(-c3ccccc3)c2-c2nc3ccccc3[nH]2)cc1OC. The summed E-state index contributed by atoms with van der Waals surface area (Å²) >= 11 is 0. The molecule has 6 heteroatoms. The topological polar surface area (TPSA) is 75.8 Å². The Balaban J connectivity index is 1.75. The summed E-state index contributed by atoms with van der Waals surface area (Å²) in [5.41, 5.74) is 6.42. The van der Waals surface area contributed by atoms with Gasteiger partial charge >= 0.3 is 0 Å². The summed E-state index contributed by atoms with van der Waals surface area (Å²) in [6.07, 6.45) is 0. The molecule has 0 atom stereocenters. The first kappa shape index (κ1) is 18.0. The van der Waals surface area contributed by atoms with E-state index < -0.39 is 0 Å². The van der Waals surface area contributed by atoms with Crippen LogP contribution in [0.25, 0.3) is 44.9 Å². The lowest BCUT2D eigenvalue weighted by Gasteiger charge is -2.09. The molecule has 5 aromatic rings. The molecular weight excluding hydrogens is 376 g/mol. The Hall–Kier alpha value is -4.06. The Kier molecular flexibility index (Phi) is 4.44. The second-order valence-corrected chi connectivity index (χ2v) is 6.86. The van der Waals surface area contributed by atoms with Crippen LogP contribution >= 0.6 is 0 Å². The number of benzene rings is 3. The smallest absolute Gasteiger partial charge is 0.161 e. The number of aromatic nitrogens is 4. The Morgan fingerprint density at radius 3 is 2.30 bits per heavy atom. The molecule has 6 nitrogen and oxygen atoms in total. The number of methoxy groups -OCH3 is 2. The summed E-state index contributed by atoms with van der Waals surface area (Å²) in [6, 6.07) is 23.9. The number of para-hydroxylation sites is 2. The standard InChI is InChI=1S/C24H20N4O2/c1-29-19-13-12-16(14-20(19)30-2)23-21(22(27-28-23)15-8-4-3-5-9-15)24-25-17-10-6-7-11-18(17)26-24/h3-14H,1-2H3,(H,25,26)(H,27,28). The average Bonchev–Trinajstić information content (AvgIpc) is 3.43. The maximum absolute atomic E-state index is 5.50. The number of fused-ring (bicyclic) bond motifs is 1. The van der Waals surface area contributed by atoms with Crippen LogP contribution < -0.4 is 9.47 Å². The molecule has 3 aromatic carbocycles. The predicted octanol–water partition coefficient (Wildman–Crippen LogP) is 5.30. The van der Waals surface area contributed by atoms with E-state index in [2.05, 4.69) is 27.3 Å². The Labute approximate surface area is 173 Å². The van der Waals surface area contributed by atoms with Crippen LogP contribution in [0.4, 0.5) is 0 Å². The van der Waals surface area contributed by atoms with Crippen molar-refractivity contribution in [3.05, 3.63) is 72.8 Å². The van der Waals surface area contributed by atoms with E-state index in [9.17, 15) is 0 Å². The largest absolute Gasteiger partial charge is 0.493 e. The lowest BCUT2D eigenvalue weighted by Crippen LogP contribution is -1.92. The molecule has 0 aliphatic heterocycles. The third-order valence-corrected chi connectivity index (χ3v) is 5.11. The highest BCUT2D eigenvalue weighted by Crippen LogP contribution is 2.40. The second-order valence-electron chi connectivity index (χ2n) is 6.86. The Morgan fingerprint density at radius 2 is 1.53 bits per heavy atom. The van der Waals surface area contributed by atoms with E-state index in [1.165, 1.54) is 0 Å². The maximum atomic E-state index is 5.50. The van der Waals surface area contributed by atoms with Crippen molar-refractivity contribution in [2.45, 2.75) is 0 Å². The van der Waals surface area contributed by atoms with Gasteiger partial charge in [-0.3, -0.25) is 5.10 Å². The monoisotopic (exact) mass is 396 g/mol. The van der Waals surface area contributed by atoms with Gasteiger partial charge < -0.3 is 14.5 Å². The van der Waals surface area contributed by atoms with Gasteiger partial charge in [-0.25, -0.2) is 4.98 Å². The summed E-state index contributed by atoms with van der Waals surface area (Å²) in [4.78, 5) is 8.27. The number of aromatic amines is 2. The molecule has 5 rings (SSSR count). The molecule has 2 heterocycles. The fraction of sp³-hybridized carbons (Fsp3) is 0.0833. The molecule has 0 spiro atoms. The molecule has 0 bridgehead atoms. The van der Waals surface area contributed by atoms with Gasteiger partial charge in [0.15, 0.2) is 11.5 Å². The van der Waals surface area contributed by atoms with Gasteiger partial charge in [-0.15, -0.1) is 0 Å². The predicted molar refractivity (Wildman–Crippen MR) is 118 cm³/mol. The highest BCUT2D eigenvalue weighted by Gasteiger charge is 2.22. The van der Waals surface area contributed by atoms with Crippen LogP contribution in [0.2, 0.25) is 0 Å². The molecule has 2 aromatic heterocycles. The first-order chi connectivity index (χ1) is 14.8. The highest BCUT2D eigenvalue weighted by molar-refractivity contribution is 5.92. The van der Waals surface area contributed by atoms with Gasteiger partial charge in [0.05, 0.1) is 36.5 Å². The van der Waals surface area contributed by atoms with Crippen molar-refractivity contribution in [2.75, 3.05) is 14.2 Å². The van der Waals surface area contributed by atoms with Gasteiger partial charge in [-0.1, -0.05) is 42.5 Å². The third kappa shape index (κ3) is 2.99. The van der Waals surface area contributed by atoms with Gasteiger partial charge in [0.2, 0.25) is 0 Å². The maximum Gasteiger partial charge on any atom is 0.161 e. The van der Waals surface area contributed by atoms with Crippen molar-refractivity contribution in [1.82, 2.24) is 20.2 Å². The van der Waals surface area contributed by atoms with Crippen molar-refractivity contribution >= 4 is 11.0 Å². The molecule has 0 aliphatic carbocycles. The van der Waals surface area contributed by atoms with E-state index in [-0.39, 0.29) is 0 Å². The van der Waals surface area contributed by atoms with E-state index in [0.717, 1.165) is 44.9 Å². The first-order valence-corrected chi connectivity index (χ1v) is 9.60. The molecule has 2 N–H and O–H groups in total. The van der Waals surface area contributed by atoms with Gasteiger partial charge in [0, 0.05) is 11.1 Å².